The summed E-state index contributed by atoms with van der Waals surface area (Å²) >= 11 is 0. The maximum Gasteiger partial charge on any atom is 0.337 e. The number of esters is 1. The number of aromatic nitrogens is 1. The van der Waals surface area contributed by atoms with Gasteiger partial charge in [0.1, 0.15) is 18.1 Å². The number of ether oxygens (including phenoxy) is 2. The van der Waals surface area contributed by atoms with E-state index in [1.165, 1.54) is 7.11 Å². The highest BCUT2D eigenvalue weighted by Gasteiger charge is 2.15. The Morgan fingerprint density at radius 3 is 2.61 bits per heavy atom. The Hall–Kier alpha value is -3.61. The van der Waals surface area contributed by atoms with Gasteiger partial charge in [-0.3, -0.25) is 4.79 Å². The monoisotopic (exact) mass is 380 g/mol. The second-order valence-corrected chi connectivity index (χ2v) is 6.11. The van der Waals surface area contributed by atoms with Crippen molar-refractivity contribution >= 4 is 17.6 Å². The molecule has 1 heterocycles. The number of hydrogen-bond acceptors (Lipinski definition) is 6. The SMILES string of the molecule is COC(=O)c1cccc(NC(=O)c2ccccc2OCc2c(C)noc2C)c1. The fraction of sp³-hybridized carbons (Fsp3) is 0.190. The molecular weight excluding hydrogens is 360 g/mol. The van der Waals surface area contributed by atoms with Crippen LogP contribution in [0, 0.1) is 13.8 Å². The average molecular weight is 380 g/mol. The summed E-state index contributed by atoms with van der Waals surface area (Å²) in [5.41, 5.74) is 2.80. The largest absolute Gasteiger partial charge is 0.488 e. The molecule has 7 nitrogen and oxygen atoms in total. The highest BCUT2D eigenvalue weighted by molar-refractivity contribution is 6.06. The number of carbonyl (C=O) groups is 2. The van der Waals surface area contributed by atoms with Crippen LogP contribution in [0.1, 0.15) is 37.7 Å². The summed E-state index contributed by atoms with van der Waals surface area (Å²) < 4.78 is 15.7. The lowest BCUT2D eigenvalue weighted by Gasteiger charge is -2.12. The van der Waals surface area contributed by atoms with Crippen molar-refractivity contribution in [1.82, 2.24) is 5.16 Å². The average Bonchev–Trinajstić information content (AvgIpc) is 3.03. The summed E-state index contributed by atoms with van der Waals surface area (Å²) in [4.78, 5) is 24.4. The first-order valence-corrected chi connectivity index (χ1v) is 8.63. The maximum atomic E-state index is 12.7. The summed E-state index contributed by atoms with van der Waals surface area (Å²) in [6, 6.07) is 13.5. The molecule has 144 valence electrons. The van der Waals surface area contributed by atoms with Gasteiger partial charge in [0, 0.05) is 5.69 Å². The maximum absolute atomic E-state index is 12.7. The number of carbonyl (C=O) groups excluding carboxylic acids is 2. The lowest BCUT2D eigenvalue weighted by Crippen LogP contribution is -2.14. The van der Waals surface area contributed by atoms with Crippen molar-refractivity contribution < 1.29 is 23.6 Å². The van der Waals surface area contributed by atoms with Gasteiger partial charge in [-0.2, -0.15) is 0 Å². The Bertz CT molecular complexity index is 990. The Labute approximate surface area is 162 Å². The lowest BCUT2D eigenvalue weighted by molar-refractivity contribution is 0.0600. The van der Waals surface area contributed by atoms with Crippen LogP contribution in [0.15, 0.2) is 53.1 Å². The third-order valence-corrected chi connectivity index (χ3v) is 4.23. The summed E-state index contributed by atoms with van der Waals surface area (Å²) in [5.74, 6) is 0.291. The Morgan fingerprint density at radius 1 is 1.11 bits per heavy atom. The Balaban J connectivity index is 1.77. The molecule has 28 heavy (non-hydrogen) atoms. The molecule has 1 aromatic heterocycles. The number of rotatable bonds is 6. The summed E-state index contributed by atoms with van der Waals surface area (Å²) in [6.45, 7) is 3.89. The normalized spacial score (nSPS) is 10.4. The zero-order valence-electron chi connectivity index (χ0n) is 15.8. The van der Waals surface area contributed by atoms with Gasteiger partial charge in [0.25, 0.3) is 5.91 Å². The molecule has 0 aliphatic rings. The first-order chi connectivity index (χ1) is 13.5. The quantitative estimate of drug-likeness (QED) is 0.652. The van der Waals surface area contributed by atoms with E-state index in [9.17, 15) is 9.59 Å². The highest BCUT2D eigenvalue weighted by atomic mass is 16.5. The number of nitrogens with one attached hydrogen (secondary N) is 1. The smallest absolute Gasteiger partial charge is 0.337 e. The first kappa shape index (κ1) is 19.2. The predicted molar refractivity (Wildman–Crippen MR) is 102 cm³/mol. The first-order valence-electron chi connectivity index (χ1n) is 8.63. The molecule has 0 atom stereocenters. The van der Waals surface area contributed by atoms with E-state index in [0.717, 1.165) is 11.3 Å². The van der Waals surface area contributed by atoms with Gasteiger partial charge in [-0.1, -0.05) is 23.4 Å². The second-order valence-electron chi connectivity index (χ2n) is 6.11. The third-order valence-electron chi connectivity index (χ3n) is 4.23. The van der Waals surface area contributed by atoms with Crippen molar-refractivity contribution in [3.05, 3.63) is 76.7 Å². The molecular formula is C21H20N2O5. The lowest BCUT2D eigenvalue weighted by atomic mass is 10.1. The molecule has 0 unspecified atom stereocenters. The zero-order valence-corrected chi connectivity index (χ0v) is 15.8. The van der Waals surface area contributed by atoms with E-state index >= 15 is 0 Å². The van der Waals surface area contributed by atoms with Gasteiger partial charge >= 0.3 is 5.97 Å². The molecule has 0 spiro atoms. The van der Waals surface area contributed by atoms with Crippen molar-refractivity contribution in [3.8, 4) is 5.75 Å². The molecule has 0 saturated heterocycles. The number of para-hydroxylation sites is 1. The standard InChI is InChI=1S/C21H20N2O5/c1-13-18(14(2)28-23-13)12-27-19-10-5-4-9-17(19)20(24)22-16-8-6-7-15(11-16)21(25)26-3/h4-11H,12H2,1-3H3,(H,22,24). The minimum Gasteiger partial charge on any atom is -0.488 e. The molecule has 0 bridgehead atoms. The fourth-order valence-electron chi connectivity index (χ4n) is 2.68. The van der Waals surface area contributed by atoms with Crippen LogP contribution in [0.5, 0.6) is 5.75 Å². The van der Waals surface area contributed by atoms with E-state index in [1.54, 1.807) is 48.5 Å². The number of nitrogens with zero attached hydrogens (tertiary/aromatic N) is 1. The Kier molecular flexibility index (Phi) is 5.74. The molecule has 0 aliphatic heterocycles. The van der Waals surface area contributed by atoms with Crippen molar-refractivity contribution in [2.24, 2.45) is 0 Å². The number of methoxy groups -OCH3 is 1. The van der Waals surface area contributed by atoms with Gasteiger partial charge in [0.2, 0.25) is 0 Å². The number of benzene rings is 2. The number of aryl methyl sites for hydroxylation is 2. The number of anilines is 1. The van der Waals surface area contributed by atoms with Gasteiger partial charge < -0.3 is 19.3 Å². The molecule has 3 rings (SSSR count). The van der Waals surface area contributed by atoms with Gasteiger partial charge in [-0.15, -0.1) is 0 Å². The summed E-state index contributed by atoms with van der Waals surface area (Å²) in [7, 11) is 1.31. The molecule has 1 N–H and O–H groups in total. The number of amides is 1. The molecule has 0 aliphatic carbocycles. The molecule has 0 fully saturated rings. The van der Waals surface area contributed by atoms with Crippen molar-refractivity contribution in [1.29, 1.82) is 0 Å². The van der Waals surface area contributed by atoms with Gasteiger partial charge in [-0.05, 0) is 44.2 Å². The molecule has 3 aromatic rings. The van der Waals surface area contributed by atoms with E-state index in [-0.39, 0.29) is 12.5 Å². The molecule has 1 amide bonds. The van der Waals surface area contributed by atoms with Crippen LogP contribution in [0.25, 0.3) is 0 Å². The van der Waals surface area contributed by atoms with Gasteiger partial charge in [0.15, 0.2) is 0 Å². The minimum atomic E-state index is -0.473. The van der Waals surface area contributed by atoms with Crippen molar-refractivity contribution in [2.75, 3.05) is 12.4 Å². The van der Waals surface area contributed by atoms with Gasteiger partial charge in [-0.25, -0.2) is 4.79 Å². The van der Waals surface area contributed by atoms with Crippen LogP contribution < -0.4 is 10.1 Å². The van der Waals surface area contributed by atoms with E-state index in [2.05, 4.69) is 10.5 Å². The van der Waals surface area contributed by atoms with Crippen molar-refractivity contribution in [3.63, 3.8) is 0 Å². The highest BCUT2D eigenvalue weighted by Crippen LogP contribution is 2.23. The van der Waals surface area contributed by atoms with Crippen LogP contribution in [0.2, 0.25) is 0 Å². The van der Waals surface area contributed by atoms with E-state index in [1.807, 2.05) is 13.8 Å². The predicted octanol–water partition coefficient (Wildman–Crippen LogP) is 3.91. The van der Waals surface area contributed by atoms with Crippen LogP contribution in [-0.2, 0) is 11.3 Å². The molecule has 0 radical (unpaired) electrons. The van der Waals surface area contributed by atoms with E-state index in [0.29, 0.717) is 28.3 Å². The molecule has 2 aromatic carbocycles. The zero-order chi connectivity index (χ0) is 20.1. The van der Waals surface area contributed by atoms with Crippen LogP contribution in [0.4, 0.5) is 5.69 Å². The number of hydrogen-bond donors (Lipinski definition) is 1. The van der Waals surface area contributed by atoms with Gasteiger partial charge in [0.05, 0.1) is 29.5 Å². The summed E-state index contributed by atoms with van der Waals surface area (Å²) in [5, 5.41) is 6.68. The molecule has 7 heteroatoms. The van der Waals surface area contributed by atoms with E-state index in [4.69, 9.17) is 14.0 Å². The van der Waals surface area contributed by atoms with E-state index < -0.39 is 5.97 Å². The molecule has 0 saturated carbocycles. The van der Waals surface area contributed by atoms with Crippen LogP contribution in [-0.4, -0.2) is 24.1 Å². The third kappa shape index (κ3) is 4.20. The topological polar surface area (TPSA) is 90.7 Å². The van der Waals surface area contributed by atoms with Crippen LogP contribution >= 0.6 is 0 Å². The van der Waals surface area contributed by atoms with Crippen LogP contribution in [0.3, 0.4) is 0 Å². The van der Waals surface area contributed by atoms with Crippen molar-refractivity contribution in [2.45, 2.75) is 20.5 Å². The fourth-order valence-corrected chi connectivity index (χ4v) is 2.68. The Morgan fingerprint density at radius 2 is 1.89 bits per heavy atom. The summed E-state index contributed by atoms with van der Waals surface area (Å²) in [6.07, 6.45) is 0. The second kappa shape index (κ2) is 8.39. The minimum absolute atomic E-state index is 0.239.